The van der Waals surface area contributed by atoms with E-state index in [1.54, 1.807) is 18.3 Å². The summed E-state index contributed by atoms with van der Waals surface area (Å²) in [6.07, 6.45) is 1.56. The highest BCUT2D eigenvalue weighted by Crippen LogP contribution is 2.63. The average molecular weight is 574 g/mol. The van der Waals surface area contributed by atoms with Gasteiger partial charge >= 0.3 is 5.69 Å². The molecule has 2 atom stereocenters. The molecule has 1 N–H and O–H groups in total. The predicted octanol–water partition coefficient (Wildman–Crippen LogP) is 5.46. The van der Waals surface area contributed by atoms with Gasteiger partial charge in [0.05, 0.1) is 38.9 Å². The van der Waals surface area contributed by atoms with Gasteiger partial charge in [-0.05, 0) is 47.4 Å². The van der Waals surface area contributed by atoms with E-state index in [0.717, 1.165) is 39.9 Å². The molecule has 212 valence electrons. The number of anilines is 2. The minimum absolute atomic E-state index is 0.0547. The van der Waals surface area contributed by atoms with Crippen LogP contribution in [0.2, 0.25) is 0 Å². The number of rotatable bonds is 6. The van der Waals surface area contributed by atoms with Gasteiger partial charge in [-0.25, -0.2) is 4.90 Å². The fourth-order valence-corrected chi connectivity index (χ4v) is 7.08. The summed E-state index contributed by atoms with van der Waals surface area (Å²) in [5.41, 5.74) is 5.50. The number of amides is 2. The Balaban J connectivity index is 1.41. The number of nitro benzene ring substituents is 2. The summed E-state index contributed by atoms with van der Waals surface area (Å²) in [5.74, 6) is -2.50. The summed E-state index contributed by atoms with van der Waals surface area (Å²) in [6.45, 7) is 1.93. The highest BCUT2D eigenvalue weighted by Gasteiger charge is 2.68. The molecule has 1 heterocycles. The van der Waals surface area contributed by atoms with E-state index >= 15 is 0 Å². The van der Waals surface area contributed by atoms with Crippen LogP contribution in [0.5, 0.6) is 0 Å². The van der Waals surface area contributed by atoms with E-state index in [9.17, 15) is 29.8 Å². The number of nitrogens with zero attached hydrogens (tertiary/aromatic N) is 4. The topological polar surface area (TPSA) is 148 Å². The lowest BCUT2D eigenvalue weighted by molar-refractivity contribution is -0.393. The largest absolute Gasteiger partial charge is 0.301 e. The Labute approximate surface area is 244 Å². The van der Waals surface area contributed by atoms with Gasteiger partial charge < -0.3 is 0 Å². The van der Waals surface area contributed by atoms with Gasteiger partial charge in [-0.1, -0.05) is 66.2 Å². The van der Waals surface area contributed by atoms with E-state index in [1.807, 2.05) is 67.6 Å². The van der Waals surface area contributed by atoms with Crippen LogP contribution in [0.1, 0.15) is 33.7 Å². The molecule has 1 aliphatic heterocycles. The Kier molecular flexibility index (Phi) is 5.74. The van der Waals surface area contributed by atoms with Crippen molar-refractivity contribution >= 4 is 40.8 Å². The van der Waals surface area contributed by atoms with Crippen LogP contribution in [-0.4, -0.2) is 27.9 Å². The number of aryl methyl sites for hydroxylation is 1. The minimum atomic E-state index is -1.18. The van der Waals surface area contributed by atoms with Gasteiger partial charge in [0.1, 0.15) is 5.69 Å². The number of nitrogens with one attached hydrogen (secondary N) is 1. The number of hydrogen-bond acceptors (Lipinski definition) is 8. The molecule has 0 radical (unpaired) electrons. The molecule has 4 aromatic rings. The number of benzene rings is 4. The first-order chi connectivity index (χ1) is 20.7. The zero-order chi connectivity index (χ0) is 30.0. The molecule has 43 heavy (non-hydrogen) atoms. The van der Waals surface area contributed by atoms with Gasteiger partial charge in [0, 0.05) is 18.2 Å². The van der Waals surface area contributed by atoms with Crippen LogP contribution in [0.25, 0.3) is 0 Å². The number of hydrazone groups is 1. The minimum Gasteiger partial charge on any atom is -0.274 e. The molecule has 8 rings (SSSR count). The fraction of sp³-hybridized carbons (Fsp3) is 0.156. The smallest absolute Gasteiger partial charge is 0.274 e. The molecule has 2 amide bonds. The van der Waals surface area contributed by atoms with Crippen molar-refractivity contribution < 1.29 is 19.4 Å². The Morgan fingerprint density at radius 1 is 0.837 bits per heavy atom. The quantitative estimate of drug-likeness (QED) is 0.139. The Morgan fingerprint density at radius 3 is 2.07 bits per heavy atom. The monoisotopic (exact) mass is 573 g/mol. The maximum Gasteiger partial charge on any atom is 0.301 e. The summed E-state index contributed by atoms with van der Waals surface area (Å²) >= 11 is 0. The molecule has 1 fully saturated rings. The lowest BCUT2D eigenvalue weighted by Crippen LogP contribution is -2.54. The number of nitro groups is 2. The number of non-ortho nitro benzene ring substituents is 1. The van der Waals surface area contributed by atoms with E-state index < -0.39 is 38.5 Å². The standard InChI is InChI=1S/C32H23N5O6/c1-18-10-12-19(13-11-18)35-30(38)28-27-21-6-2-4-8-23(21)32(29(28)31(35)39,24-9-5-3-7-22(24)27)17-33-34-25-15-14-20(36(40)41)16-26(25)37(42)43/h2-17,27-29,34H,1H3/b33-17-/t27?,28-,29-,32?/m0/s1. The molecule has 0 saturated carbocycles. The highest BCUT2D eigenvalue weighted by molar-refractivity contribution is 6.25. The molecule has 1 saturated heterocycles. The zero-order valence-corrected chi connectivity index (χ0v) is 22.7. The van der Waals surface area contributed by atoms with E-state index in [1.165, 1.54) is 11.0 Å². The molecule has 11 heteroatoms. The summed E-state index contributed by atoms with van der Waals surface area (Å²) in [5, 5.41) is 27.4. The van der Waals surface area contributed by atoms with Crippen molar-refractivity contribution in [1.82, 2.24) is 0 Å². The molecule has 4 aromatic carbocycles. The number of hydrogen-bond donors (Lipinski definition) is 1. The summed E-state index contributed by atoms with van der Waals surface area (Å²) < 4.78 is 0. The highest BCUT2D eigenvalue weighted by atomic mass is 16.6. The van der Waals surface area contributed by atoms with E-state index in [4.69, 9.17) is 0 Å². The van der Waals surface area contributed by atoms with Gasteiger partial charge in [-0.15, -0.1) is 0 Å². The fourth-order valence-electron chi connectivity index (χ4n) is 7.08. The van der Waals surface area contributed by atoms with Gasteiger partial charge in [0.15, 0.2) is 0 Å². The lowest BCUT2D eigenvalue weighted by Gasteiger charge is -2.52. The first kappa shape index (κ1) is 26.2. The molecule has 0 aromatic heterocycles. The van der Waals surface area contributed by atoms with Crippen molar-refractivity contribution in [3.8, 4) is 0 Å². The maximum atomic E-state index is 14.4. The van der Waals surface area contributed by atoms with Crippen LogP contribution in [0.4, 0.5) is 22.7 Å². The third-order valence-corrected chi connectivity index (χ3v) is 8.82. The van der Waals surface area contributed by atoms with Gasteiger partial charge in [-0.3, -0.25) is 35.2 Å². The summed E-state index contributed by atoms with van der Waals surface area (Å²) in [7, 11) is 0. The van der Waals surface area contributed by atoms with Crippen molar-refractivity contribution in [2.75, 3.05) is 10.3 Å². The normalized spacial score (nSPS) is 23.2. The van der Waals surface area contributed by atoms with Crippen molar-refractivity contribution in [3.05, 3.63) is 139 Å². The third-order valence-electron chi connectivity index (χ3n) is 8.82. The SMILES string of the molecule is Cc1ccc(N2C(=O)[C@@H]3[C@@H](C2=O)C2c4ccccc4C3(/C=N\Nc3ccc([N+](=O)[O-])cc3[N+](=O)[O-])c3ccccc32)cc1. The Bertz CT molecular complexity index is 1860. The van der Waals surface area contributed by atoms with Crippen molar-refractivity contribution in [2.24, 2.45) is 16.9 Å². The predicted molar refractivity (Wildman–Crippen MR) is 158 cm³/mol. The van der Waals surface area contributed by atoms with Crippen LogP contribution < -0.4 is 10.3 Å². The second-order valence-corrected chi connectivity index (χ2v) is 11.0. The number of carbonyl (C=O) groups excluding carboxylic acids is 2. The van der Waals surface area contributed by atoms with Crippen LogP contribution in [0, 0.1) is 39.0 Å². The second kappa shape index (κ2) is 9.41. The van der Waals surface area contributed by atoms with Gasteiger partial charge in [0.25, 0.3) is 5.69 Å². The van der Waals surface area contributed by atoms with Gasteiger partial charge in [0.2, 0.25) is 11.8 Å². The maximum absolute atomic E-state index is 14.4. The first-order valence-electron chi connectivity index (χ1n) is 13.6. The molecule has 4 aliphatic rings. The van der Waals surface area contributed by atoms with Crippen LogP contribution >= 0.6 is 0 Å². The van der Waals surface area contributed by atoms with Crippen molar-refractivity contribution in [1.29, 1.82) is 0 Å². The first-order valence-corrected chi connectivity index (χ1v) is 13.6. The van der Waals surface area contributed by atoms with E-state index in [0.29, 0.717) is 5.69 Å². The molecule has 0 unspecified atom stereocenters. The van der Waals surface area contributed by atoms with Crippen molar-refractivity contribution in [2.45, 2.75) is 18.3 Å². The second-order valence-electron chi connectivity index (χ2n) is 11.0. The zero-order valence-electron chi connectivity index (χ0n) is 22.7. The molecule has 2 bridgehead atoms. The van der Waals surface area contributed by atoms with E-state index in [-0.39, 0.29) is 23.4 Å². The lowest BCUT2D eigenvalue weighted by atomic mass is 9.47. The van der Waals surface area contributed by atoms with Crippen LogP contribution in [0.3, 0.4) is 0 Å². The molecule has 11 nitrogen and oxygen atoms in total. The van der Waals surface area contributed by atoms with Gasteiger partial charge in [-0.2, -0.15) is 5.10 Å². The van der Waals surface area contributed by atoms with Crippen LogP contribution in [-0.2, 0) is 15.0 Å². The molecule has 0 spiro atoms. The third kappa shape index (κ3) is 3.64. The number of imide groups is 1. The molecular weight excluding hydrogens is 550 g/mol. The Morgan fingerprint density at radius 2 is 1.47 bits per heavy atom. The number of carbonyl (C=O) groups is 2. The van der Waals surface area contributed by atoms with E-state index in [2.05, 4.69) is 10.5 Å². The van der Waals surface area contributed by atoms with Crippen LogP contribution in [0.15, 0.2) is 96.1 Å². The van der Waals surface area contributed by atoms with Crippen molar-refractivity contribution in [3.63, 3.8) is 0 Å². The molecular formula is C32H23N5O6. The summed E-state index contributed by atoms with van der Waals surface area (Å²) in [6, 6.07) is 25.8. The molecule has 3 aliphatic carbocycles. The average Bonchev–Trinajstić information content (AvgIpc) is 3.28. The summed E-state index contributed by atoms with van der Waals surface area (Å²) in [4.78, 5) is 51.4. The Hall–Kier alpha value is -5.71.